The molecule has 2 heterocycles. The Hall–Kier alpha value is -2.64. The maximum atomic E-state index is 12.3. The third kappa shape index (κ3) is 5.74. The van der Waals surface area contributed by atoms with Crippen molar-refractivity contribution in [3.63, 3.8) is 0 Å². The van der Waals surface area contributed by atoms with Crippen LogP contribution in [0.15, 0.2) is 24.5 Å². The second-order valence-electron chi connectivity index (χ2n) is 6.77. The fraction of sp³-hybridized carbons (Fsp3) is 0.529. The van der Waals surface area contributed by atoms with Gasteiger partial charge in [-0.15, -0.1) is 0 Å². The number of nitrogens with one attached hydrogen (secondary N) is 1. The van der Waals surface area contributed by atoms with Gasteiger partial charge in [0.25, 0.3) is 5.91 Å². The first-order valence-corrected chi connectivity index (χ1v) is 8.20. The summed E-state index contributed by atoms with van der Waals surface area (Å²) in [5.41, 5.74) is -0.0698. The first-order chi connectivity index (χ1) is 11.8. The van der Waals surface area contributed by atoms with Crippen LogP contribution in [0.3, 0.4) is 0 Å². The fourth-order valence-electron chi connectivity index (χ4n) is 2.40. The van der Waals surface area contributed by atoms with Gasteiger partial charge in [-0.25, -0.2) is 4.79 Å². The minimum atomic E-state index is -0.619. The van der Waals surface area contributed by atoms with Crippen LogP contribution in [-0.2, 0) is 9.53 Å². The summed E-state index contributed by atoms with van der Waals surface area (Å²) < 4.78 is 5.09. The predicted octanol–water partition coefficient (Wildman–Crippen LogP) is 0.891. The maximum absolute atomic E-state index is 12.3. The van der Waals surface area contributed by atoms with Gasteiger partial charge in [0, 0.05) is 38.6 Å². The Morgan fingerprint density at radius 3 is 2.36 bits per heavy atom. The molecule has 0 unspecified atom stereocenters. The molecular formula is C17H24N4O4. The van der Waals surface area contributed by atoms with Crippen molar-refractivity contribution in [2.45, 2.75) is 26.4 Å². The second kappa shape index (κ2) is 7.96. The molecule has 0 saturated carbocycles. The van der Waals surface area contributed by atoms with Gasteiger partial charge in [0.2, 0.25) is 5.91 Å². The number of hydrogen-bond donors (Lipinski definition) is 1. The minimum Gasteiger partial charge on any atom is -0.444 e. The highest BCUT2D eigenvalue weighted by Gasteiger charge is 2.25. The Morgan fingerprint density at radius 2 is 1.80 bits per heavy atom. The van der Waals surface area contributed by atoms with E-state index < -0.39 is 11.7 Å². The van der Waals surface area contributed by atoms with E-state index in [1.807, 2.05) is 0 Å². The summed E-state index contributed by atoms with van der Waals surface area (Å²) in [5.74, 6) is -0.286. The van der Waals surface area contributed by atoms with Gasteiger partial charge >= 0.3 is 6.09 Å². The van der Waals surface area contributed by atoms with Crippen LogP contribution >= 0.6 is 0 Å². The Morgan fingerprint density at radius 1 is 1.16 bits per heavy atom. The smallest absolute Gasteiger partial charge is 0.408 e. The molecule has 8 nitrogen and oxygen atoms in total. The van der Waals surface area contributed by atoms with Crippen molar-refractivity contribution in [3.8, 4) is 0 Å². The van der Waals surface area contributed by atoms with Crippen LogP contribution in [0.5, 0.6) is 0 Å². The molecule has 0 bridgehead atoms. The molecule has 0 spiro atoms. The van der Waals surface area contributed by atoms with Gasteiger partial charge in [0.1, 0.15) is 12.1 Å². The average Bonchev–Trinajstić information content (AvgIpc) is 2.58. The van der Waals surface area contributed by atoms with Crippen LogP contribution in [0.4, 0.5) is 4.79 Å². The number of rotatable bonds is 3. The molecule has 1 fully saturated rings. The standard InChI is InChI=1S/C17H24N4O4/c1-17(2,3)25-16(24)19-12-14(22)20-7-9-21(10-8-20)15(23)13-5-4-6-18-11-13/h4-6,11H,7-10,12H2,1-3H3,(H,19,24). The van der Waals surface area contributed by atoms with Gasteiger partial charge in [-0.05, 0) is 32.9 Å². The van der Waals surface area contributed by atoms with Crippen molar-refractivity contribution in [3.05, 3.63) is 30.1 Å². The average molecular weight is 348 g/mol. The Balaban J connectivity index is 1.77. The fourth-order valence-corrected chi connectivity index (χ4v) is 2.40. The molecule has 2 rings (SSSR count). The topological polar surface area (TPSA) is 91.8 Å². The summed E-state index contributed by atoms with van der Waals surface area (Å²) in [4.78, 5) is 43.3. The van der Waals surface area contributed by atoms with Crippen LogP contribution in [0.2, 0.25) is 0 Å². The number of nitrogens with zero attached hydrogens (tertiary/aromatic N) is 3. The van der Waals surface area contributed by atoms with Crippen molar-refractivity contribution in [2.75, 3.05) is 32.7 Å². The molecule has 1 aromatic heterocycles. The summed E-state index contributed by atoms with van der Waals surface area (Å²) in [6.45, 7) is 6.91. The number of aromatic nitrogens is 1. The largest absolute Gasteiger partial charge is 0.444 e. The Bertz CT molecular complexity index is 619. The third-order valence-corrected chi connectivity index (χ3v) is 3.61. The molecule has 0 atom stereocenters. The first kappa shape index (κ1) is 18.7. The number of piperazine rings is 1. The van der Waals surface area contributed by atoms with E-state index >= 15 is 0 Å². The number of carbonyl (C=O) groups is 3. The summed E-state index contributed by atoms with van der Waals surface area (Å²) in [6, 6.07) is 3.44. The predicted molar refractivity (Wildman–Crippen MR) is 91.0 cm³/mol. The quantitative estimate of drug-likeness (QED) is 0.876. The van der Waals surface area contributed by atoms with Crippen molar-refractivity contribution in [1.29, 1.82) is 0 Å². The third-order valence-electron chi connectivity index (χ3n) is 3.61. The minimum absolute atomic E-state index is 0.0907. The summed E-state index contributed by atoms with van der Waals surface area (Å²) in [5, 5.41) is 2.45. The number of amides is 3. The molecule has 0 aliphatic carbocycles. The summed E-state index contributed by atoms with van der Waals surface area (Å²) in [6.07, 6.45) is 2.53. The molecule has 8 heteroatoms. The van der Waals surface area contributed by atoms with Gasteiger partial charge in [0.15, 0.2) is 0 Å². The summed E-state index contributed by atoms with van der Waals surface area (Å²) in [7, 11) is 0. The molecule has 0 radical (unpaired) electrons. The van der Waals surface area contributed by atoms with E-state index in [-0.39, 0.29) is 18.4 Å². The van der Waals surface area contributed by atoms with Gasteiger partial charge < -0.3 is 19.9 Å². The lowest BCUT2D eigenvalue weighted by molar-refractivity contribution is -0.131. The van der Waals surface area contributed by atoms with Crippen LogP contribution in [-0.4, -0.2) is 71.0 Å². The number of hydrogen-bond acceptors (Lipinski definition) is 5. The van der Waals surface area contributed by atoms with Gasteiger partial charge in [0.05, 0.1) is 5.56 Å². The molecule has 1 aromatic rings. The van der Waals surface area contributed by atoms with Crippen LogP contribution in [0.1, 0.15) is 31.1 Å². The number of ether oxygens (including phenoxy) is 1. The monoisotopic (exact) mass is 348 g/mol. The molecule has 0 aromatic carbocycles. The Kier molecular flexibility index (Phi) is 5.95. The van der Waals surface area contributed by atoms with Crippen LogP contribution < -0.4 is 5.32 Å². The summed E-state index contributed by atoms with van der Waals surface area (Å²) >= 11 is 0. The molecule has 25 heavy (non-hydrogen) atoms. The number of carbonyl (C=O) groups excluding carboxylic acids is 3. The molecule has 136 valence electrons. The molecular weight excluding hydrogens is 324 g/mol. The highest BCUT2D eigenvalue weighted by molar-refractivity contribution is 5.94. The Labute approximate surface area is 147 Å². The molecule has 1 aliphatic heterocycles. The molecule has 1 N–H and O–H groups in total. The van der Waals surface area contributed by atoms with Crippen LogP contribution in [0.25, 0.3) is 0 Å². The van der Waals surface area contributed by atoms with E-state index in [0.717, 1.165) is 0 Å². The van der Waals surface area contributed by atoms with Gasteiger partial charge in [-0.3, -0.25) is 14.6 Å². The van der Waals surface area contributed by atoms with Crippen molar-refractivity contribution >= 4 is 17.9 Å². The van der Waals surface area contributed by atoms with E-state index in [9.17, 15) is 14.4 Å². The van der Waals surface area contributed by atoms with E-state index in [1.54, 1.807) is 48.9 Å². The first-order valence-electron chi connectivity index (χ1n) is 8.20. The lowest BCUT2D eigenvalue weighted by Crippen LogP contribution is -2.52. The van der Waals surface area contributed by atoms with E-state index in [4.69, 9.17) is 4.74 Å². The highest BCUT2D eigenvalue weighted by Crippen LogP contribution is 2.09. The zero-order chi connectivity index (χ0) is 18.4. The lowest BCUT2D eigenvalue weighted by Gasteiger charge is -2.34. The van der Waals surface area contributed by atoms with E-state index in [2.05, 4.69) is 10.3 Å². The van der Waals surface area contributed by atoms with Crippen molar-refractivity contribution < 1.29 is 19.1 Å². The van der Waals surface area contributed by atoms with Crippen LogP contribution in [0, 0.1) is 0 Å². The molecule has 1 saturated heterocycles. The maximum Gasteiger partial charge on any atom is 0.408 e. The molecule has 1 aliphatic rings. The SMILES string of the molecule is CC(C)(C)OC(=O)NCC(=O)N1CCN(C(=O)c2cccnc2)CC1. The van der Waals surface area contributed by atoms with Gasteiger partial charge in [-0.2, -0.15) is 0 Å². The van der Waals surface area contributed by atoms with Crippen molar-refractivity contribution in [1.82, 2.24) is 20.1 Å². The van der Waals surface area contributed by atoms with Crippen molar-refractivity contribution in [2.24, 2.45) is 0 Å². The second-order valence-corrected chi connectivity index (χ2v) is 6.77. The zero-order valence-electron chi connectivity index (χ0n) is 14.8. The number of pyridine rings is 1. The highest BCUT2D eigenvalue weighted by atomic mass is 16.6. The zero-order valence-corrected chi connectivity index (χ0v) is 14.8. The van der Waals surface area contributed by atoms with E-state index in [1.165, 1.54) is 6.20 Å². The lowest BCUT2D eigenvalue weighted by atomic mass is 10.2. The molecule has 3 amide bonds. The number of alkyl carbamates (subject to hydrolysis) is 1. The van der Waals surface area contributed by atoms with Gasteiger partial charge in [-0.1, -0.05) is 0 Å². The normalized spacial score (nSPS) is 14.8. The van der Waals surface area contributed by atoms with E-state index in [0.29, 0.717) is 31.7 Å².